The second-order valence-corrected chi connectivity index (χ2v) is 6.06. The van der Waals surface area contributed by atoms with E-state index >= 15 is 0 Å². The van der Waals surface area contributed by atoms with E-state index in [9.17, 15) is 18.4 Å². The maximum absolute atomic E-state index is 13.4. The maximum Gasteiger partial charge on any atom is 0.279 e. The number of anilines is 1. The average Bonchev–Trinajstić information content (AvgIpc) is 2.68. The normalized spacial score (nSPS) is 10.8. The van der Waals surface area contributed by atoms with Gasteiger partial charge >= 0.3 is 0 Å². The number of rotatable bonds is 3. The third-order valence-corrected chi connectivity index (χ3v) is 4.14. The van der Waals surface area contributed by atoms with Crippen LogP contribution in [0.25, 0.3) is 16.5 Å². The van der Waals surface area contributed by atoms with Crippen molar-refractivity contribution in [1.82, 2.24) is 9.78 Å². The lowest BCUT2D eigenvalue weighted by Crippen LogP contribution is -2.26. The highest BCUT2D eigenvalue weighted by atomic mass is 19.1. The van der Waals surface area contributed by atoms with E-state index in [1.54, 1.807) is 54.6 Å². The lowest BCUT2D eigenvalue weighted by molar-refractivity contribution is 0.102. The van der Waals surface area contributed by atoms with Crippen LogP contribution in [0.15, 0.2) is 77.6 Å². The summed E-state index contributed by atoms with van der Waals surface area (Å²) in [5.41, 5.74) is 0.0221. The molecular formula is C21H13F2N3O2. The van der Waals surface area contributed by atoms with Crippen LogP contribution in [0.1, 0.15) is 10.5 Å². The summed E-state index contributed by atoms with van der Waals surface area (Å²) in [5.74, 6) is -2.32. The van der Waals surface area contributed by atoms with E-state index in [-0.39, 0.29) is 16.9 Å². The van der Waals surface area contributed by atoms with Gasteiger partial charge in [-0.1, -0.05) is 36.4 Å². The van der Waals surface area contributed by atoms with E-state index < -0.39 is 17.5 Å². The van der Waals surface area contributed by atoms with E-state index in [0.717, 1.165) is 16.8 Å². The van der Waals surface area contributed by atoms with Crippen molar-refractivity contribution < 1.29 is 13.6 Å². The molecule has 138 valence electrons. The Labute approximate surface area is 157 Å². The molecule has 1 amide bonds. The minimum Gasteiger partial charge on any atom is -0.320 e. The molecule has 0 spiro atoms. The molecule has 28 heavy (non-hydrogen) atoms. The van der Waals surface area contributed by atoms with Crippen molar-refractivity contribution in [1.29, 1.82) is 0 Å². The number of halogens is 2. The van der Waals surface area contributed by atoms with Crippen molar-refractivity contribution in [2.75, 3.05) is 5.32 Å². The van der Waals surface area contributed by atoms with Gasteiger partial charge in [0, 0.05) is 17.1 Å². The van der Waals surface area contributed by atoms with Gasteiger partial charge in [0.05, 0.1) is 11.1 Å². The number of carbonyl (C=O) groups excluding carboxylic acids is 1. The van der Waals surface area contributed by atoms with E-state index in [2.05, 4.69) is 10.4 Å². The number of para-hydroxylation sites is 1. The monoisotopic (exact) mass is 377 g/mol. The number of carbonyl (C=O) groups is 1. The molecule has 1 N–H and O–H groups in total. The number of fused-ring (bicyclic) bond motifs is 1. The van der Waals surface area contributed by atoms with Gasteiger partial charge in [0.25, 0.3) is 11.5 Å². The zero-order valence-corrected chi connectivity index (χ0v) is 14.4. The molecule has 0 saturated heterocycles. The van der Waals surface area contributed by atoms with Gasteiger partial charge in [-0.15, -0.1) is 0 Å². The third-order valence-electron chi connectivity index (χ3n) is 4.14. The first-order chi connectivity index (χ1) is 13.5. The SMILES string of the molecule is O=C(Nc1cc(F)cc(F)c1)c1nn(-c2ccccc2)c(=O)c2ccccc12. The number of nitrogens with zero attached hydrogens (tertiary/aromatic N) is 2. The lowest BCUT2D eigenvalue weighted by atomic mass is 10.1. The molecule has 0 aliphatic carbocycles. The van der Waals surface area contributed by atoms with Gasteiger partial charge < -0.3 is 5.32 Å². The number of benzene rings is 3. The molecule has 0 aliphatic rings. The van der Waals surface area contributed by atoms with E-state index in [0.29, 0.717) is 22.5 Å². The largest absolute Gasteiger partial charge is 0.320 e. The van der Waals surface area contributed by atoms with Crippen LogP contribution in [-0.2, 0) is 0 Å². The molecule has 0 aliphatic heterocycles. The second kappa shape index (κ2) is 7.03. The Hall–Kier alpha value is -3.87. The van der Waals surface area contributed by atoms with Crippen LogP contribution < -0.4 is 10.9 Å². The van der Waals surface area contributed by atoms with Crippen molar-refractivity contribution >= 4 is 22.4 Å². The first kappa shape index (κ1) is 17.5. The fourth-order valence-corrected chi connectivity index (χ4v) is 2.92. The fraction of sp³-hybridized carbons (Fsp3) is 0. The van der Waals surface area contributed by atoms with Crippen molar-refractivity contribution in [2.45, 2.75) is 0 Å². The minimum absolute atomic E-state index is 0.0382. The maximum atomic E-state index is 13.4. The average molecular weight is 377 g/mol. The summed E-state index contributed by atoms with van der Waals surface area (Å²) in [7, 11) is 0. The van der Waals surface area contributed by atoms with Crippen LogP contribution in [0.4, 0.5) is 14.5 Å². The second-order valence-electron chi connectivity index (χ2n) is 6.06. The molecular weight excluding hydrogens is 364 g/mol. The van der Waals surface area contributed by atoms with E-state index in [1.807, 2.05) is 0 Å². The van der Waals surface area contributed by atoms with Crippen LogP contribution in [-0.4, -0.2) is 15.7 Å². The Morgan fingerprint density at radius 2 is 1.46 bits per heavy atom. The highest BCUT2D eigenvalue weighted by Gasteiger charge is 2.18. The Morgan fingerprint density at radius 1 is 0.857 bits per heavy atom. The summed E-state index contributed by atoms with van der Waals surface area (Å²) >= 11 is 0. The Bertz CT molecular complexity index is 1230. The van der Waals surface area contributed by atoms with Gasteiger partial charge in [-0.2, -0.15) is 9.78 Å². The number of hydrogen-bond acceptors (Lipinski definition) is 3. The summed E-state index contributed by atoms with van der Waals surface area (Å²) in [6.45, 7) is 0. The summed E-state index contributed by atoms with van der Waals surface area (Å²) in [6.07, 6.45) is 0. The van der Waals surface area contributed by atoms with E-state index in [1.165, 1.54) is 0 Å². The van der Waals surface area contributed by atoms with Crippen molar-refractivity contribution in [3.63, 3.8) is 0 Å². The molecule has 0 fully saturated rings. The lowest BCUT2D eigenvalue weighted by Gasteiger charge is -2.11. The molecule has 0 unspecified atom stereocenters. The van der Waals surface area contributed by atoms with Gasteiger partial charge in [-0.05, 0) is 30.3 Å². The Balaban J connectivity index is 1.87. The van der Waals surface area contributed by atoms with Gasteiger partial charge in [0.1, 0.15) is 11.6 Å². The summed E-state index contributed by atoms with van der Waals surface area (Å²) in [5, 5.41) is 7.29. The van der Waals surface area contributed by atoms with Gasteiger partial charge in [0.2, 0.25) is 0 Å². The third kappa shape index (κ3) is 3.25. The zero-order chi connectivity index (χ0) is 19.7. The van der Waals surface area contributed by atoms with Gasteiger partial charge in [-0.3, -0.25) is 9.59 Å². The number of aromatic nitrogens is 2. The van der Waals surface area contributed by atoms with E-state index in [4.69, 9.17) is 0 Å². The summed E-state index contributed by atoms with van der Waals surface area (Å²) < 4.78 is 28.0. The van der Waals surface area contributed by atoms with Crippen LogP contribution in [0.5, 0.6) is 0 Å². The Kier molecular flexibility index (Phi) is 4.41. The molecule has 3 aromatic carbocycles. The van der Waals surface area contributed by atoms with Gasteiger partial charge in [0.15, 0.2) is 5.69 Å². The van der Waals surface area contributed by atoms with Crippen LogP contribution in [0, 0.1) is 11.6 Å². The molecule has 4 aromatic rings. The summed E-state index contributed by atoms with van der Waals surface area (Å²) in [6, 6.07) is 17.9. The molecule has 5 nitrogen and oxygen atoms in total. The first-order valence-electron chi connectivity index (χ1n) is 8.38. The highest BCUT2D eigenvalue weighted by molar-refractivity contribution is 6.11. The van der Waals surface area contributed by atoms with Gasteiger partial charge in [-0.25, -0.2) is 8.78 Å². The number of amides is 1. The minimum atomic E-state index is -0.817. The smallest absolute Gasteiger partial charge is 0.279 e. The van der Waals surface area contributed by atoms with Crippen molar-refractivity contribution in [3.8, 4) is 5.69 Å². The molecule has 0 saturated carbocycles. The van der Waals surface area contributed by atoms with Crippen molar-refractivity contribution in [2.24, 2.45) is 0 Å². The molecule has 4 rings (SSSR count). The predicted octanol–water partition coefficient (Wildman–Crippen LogP) is 3.92. The topological polar surface area (TPSA) is 64.0 Å². The quantitative estimate of drug-likeness (QED) is 0.589. The van der Waals surface area contributed by atoms with Crippen LogP contribution >= 0.6 is 0 Å². The van der Waals surface area contributed by atoms with Crippen LogP contribution in [0.3, 0.4) is 0 Å². The molecule has 1 aromatic heterocycles. The Morgan fingerprint density at radius 3 is 2.14 bits per heavy atom. The first-order valence-corrected chi connectivity index (χ1v) is 8.38. The van der Waals surface area contributed by atoms with Crippen LogP contribution in [0.2, 0.25) is 0 Å². The fourth-order valence-electron chi connectivity index (χ4n) is 2.92. The number of nitrogens with one attached hydrogen (secondary N) is 1. The molecule has 1 heterocycles. The molecule has 7 heteroatoms. The summed E-state index contributed by atoms with van der Waals surface area (Å²) in [4.78, 5) is 25.6. The standard InChI is InChI=1S/C21H13F2N3O2/c22-13-10-14(23)12-15(11-13)24-20(27)19-17-8-4-5-9-18(17)21(28)26(25-19)16-6-2-1-3-7-16/h1-12H,(H,24,27). The molecule has 0 bridgehead atoms. The predicted molar refractivity (Wildman–Crippen MR) is 102 cm³/mol. The number of hydrogen-bond donors (Lipinski definition) is 1. The molecule has 0 atom stereocenters. The zero-order valence-electron chi connectivity index (χ0n) is 14.4. The molecule has 0 radical (unpaired) electrons. The van der Waals surface area contributed by atoms with Crippen molar-refractivity contribution in [3.05, 3.63) is 100 Å². The highest BCUT2D eigenvalue weighted by Crippen LogP contribution is 2.18.